The van der Waals surface area contributed by atoms with E-state index in [1.807, 2.05) is 48.5 Å². The van der Waals surface area contributed by atoms with Crippen molar-refractivity contribution in [1.29, 1.82) is 0 Å². The third kappa shape index (κ3) is 2.97. The monoisotopic (exact) mass is 430 g/mol. The highest BCUT2D eigenvalue weighted by Gasteiger charge is 2.40. The van der Waals surface area contributed by atoms with E-state index in [0.717, 1.165) is 56.6 Å². The van der Waals surface area contributed by atoms with Gasteiger partial charge >= 0.3 is 0 Å². The quantitative estimate of drug-likeness (QED) is 0.291. The van der Waals surface area contributed by atoms with Crippen LogP contribution in [0.5, 0.6) is 0 Å². The molecular weight excluding hydrogens is 407 g/mol. The molecule has 4 aromatic rings. The van der Waals surface area contributed by atoms with Gasteiger partial charge in [-0.2, -0.15) is 0 Å². The molecule has 1 atom stereocenters. The van der Waals surface area contributed by atoms with Gasteiger partial charge < -0.3 is 4.57 Å². The number of rotatable bonds is 3. The van der Waals surface area contributed by atoms with Gasteiger partial charge in [0.05, 0.1) is 0 Å². The maximum absolute atomic E-state index is 15.0. The molecule has 1 aliphatic carbocycles. The van der Waals surface area contributed by atoms with Gasteiger partial charge in [0, 0.05) is 15.9 Å². The first-order chi connectivity index (χ1) is 15.7. The second-order valence-corrected chi connectivity index (χ2v) is 11.1. The average molecular weight is 430 g/mol. The van der Waals surface area contributed by atoms with Crippen LogP contribution >= 0.6 is 7.14 Å². The maximum atomic E-state index is 15.0. The average Bonchev–Trinajstić information content (AvgIpc) is 3.14. The molecule has 0 spiro atoms. The van der Waals surface area contributed by atoms with E-state index >= 15 is 4.57 Å². The van der Waals surface area contributed by atoms with Crippen molar-refractivity contribution in [1.82, 2.24) is 0 Å². The summed E-state index contributed by atoms with van der Waals surface area (Å²) in [6.45, 7) is 0. The third-order valence-corrected chi connectivity index (χ3v) is 9.64. The largest absolute Gasteiger partial charge is 0.309 e. The number of allylic oxidation sites excluding steroid dienone is 4. The van der Waals surface area contributed by atoms with E-state index in [9.17, 15) is 0 Å². The fourth-order valence-electron chi connectivity index (χ4n) is 4.90. The minimum absolute atomic E-state index is 0.899. The molecule has 6 rings (SSSR count). The Labute approximate surface area is 189 Å². The lowest BCUT2D eigenvalue weighted by Gasteiger charge is -2.17. The van der Waals surface area contributed by atoms with Crippen molar-refractivity contribution < 1.29 is 4.57 Å². The van der Waals surface area contributed by atoms with Crippen LogP contribution in [0.1, 0.15) is 18.4 Å². The Morgan fingerprint density at radius 3 is 1.88 bits per heavy atom. The lowest BCUT2D eigenvalue weighted by atomic mass is 9.96. The van der Waals surface area contributed by atoms with Gasteiger partial charge in [-0.3, -0.25) is 0 Å². The molecule has 0 N–H and O–H groups in total. The molecule has 0 aromatic heterocycles. The molecule has 1 aliphatic heterocycles. The van der Waals surface area contributed by atoms with Crippen LogP contribution in [0.4, 0.5) is 0 Å². The molecule has 154 valence electrons. The molecule has 0 radical (unpaired) electrons. The van der Waals surface area contributed by atoms with E-state index in [0.29, 0.717) is 0 Å². The summed E-state index contributed by atoms with van der Waals surface area (Å²) >= 11 is 0. The normalized spacial score (nSPS) is 18.7. The summed E-state index contributed by atoms with van der Waals surface area (Å²) in [4.78, 5) is 0. The Hall–Kier alpha value is -3.41. The fraction of sp³-hybridized carbons (Fsp3) is 0.0667. The number of fused-ring (bicyclic) bond motifs is 3. The summed E-state index contributed by atoms with van der Waals surface area (Å²) < 4.78 is 15.0. The van der Waals surface area contributed by atoms with Crippen molar-refractivity contribution in [3.63, 3.8) is 0 Å². The summed E-state index contributed by atoms with van der Waals surface area (Å²) in [6.07, 6.45) is 8.84. The van der Waals surface area contributed by atoms with E-state index < -0.39 is 7.14 Å². The lowest BCUT2D eigenvalue weighted by Crippen LogP contribution is -2.21. The Morgan fingerprint density at radius 2 is 1.22 bits per heavy atom. The van der Waals surface area contributed by atoms with Gasteiger partial charge in [-0.1, -0.05) is 103 Å². The number of benzene rings is 4. The molecule has 0 fully saturated rings. The van der Waals surface area contributed by atoms with Crippen molar-refractivity contribution in [2.45, 2.75) is 12.8 Å². The highest BCUT2D eigenvalue weighted by atomic mass is 31.2. The van der Waals surface area contributed by atoms with Gasteiger partial charge in [0.15, 0.2) is 7.14 Å². The molecule has 1 heterocycles. The predicted octanol–water partition coefficient (Wildman–Crippen LogP) is 6.71. The summed E-state index contributed by atoms with van der Waals surface area (Å²) in [5.41, 5.74) is 6.80. The van der Waals surface area contributed by atoms with E-state index in [1.165, 1.54) is 5.57 Å². The fourth-order valence-corrected chi connectivity index (χ4v) is 8.02. The maximum Gasteiger partial charge on any atom is 0.172 e. The van der Waals surface area contributed by atoms with Gasteiger partial charge in [-0.05, 0) is 58.4 Å². The first-order valence-electron chi connectivity index (χ1n) is 11.1. The van der Waals surface area contributed by atoms with E-state index in [1.54, 1.807) is 0 Å². The van der Waals surface area contributed by atoms with Gasteiger partial charge in [-0.25, -0.2) is 0 Å². The second-order valence-electron chi connectivity index (χ2n) is 8.41. The topological polar surface area (TPSA) is 17.1 Å². The standard InChI is InChI=1S/C30H23OP/c31-32(26-14-8-3-9-15-26)29-20-24(22-10-4-1-5-11-22)16-18-27(29)28-19-17-25(21-30(28)32)23-12-6-2-7-13-23/h1,3-6,8-21H,2,7H2. The minimum Gasteiger partial charge on any atom is -0.309 e. The zero-order chi connectivity index (χ0) is 21.5. The molecule has 0 saturated carbocycles. The highest BCUT2D eigenvalue weighted by molar-refractivity contribution is 7.86. The molecule has 0 amide bonds. The predicted molar refractivity (Wildman–Crippen MR) is 137 cm³/mol. The van der Waals surface area contributed by atoms with E-state index in [-0.39, 0.29) is 0 Å². The molecule has 1 unspecified atom stereocenters. The first kappa shape index (κ1) is 19.3. The third-order valence-electron chi connectivity index (χ3n) is 6.52. The Balaban J connectivity index is 1.60. The van der Waals surface area contributed by atoms with Crippen molar-refractivity contribution in [3.8, 4) is 22.3 Å². The van der Waals surface area contributed by atoms with Crippen molar-refractivity contribution >= 4 is 28.6 Å². The molecular formula is C30H23OP. The Kier molecular flexibility index (Phi) is 4.59. The summed E-state index contributed by atoms with van der Waals surface area (Å²) in [5.74, 6) is 0. The van der Waals surface area contributed by atoms with Gasteiger partial charge in [0.1, 0.15) is 0 Å². The van der Waals surface area contributed by atoms with Gasteiger partial charge in [0.25, 0.3) is 0 Å². The minimum atomic E-state index is -2.98. The summed E-state index contributed by atoms with van der Waals surface area (Å²) in [7, 11) is -2.98. The molecule has 32 heavy (non-hydrogen) atoms. The van der Waals surface area contributed by atoms with Gasteiger partial charge in [-0.15, -0.1) is 0 Å². The zero-order valence-corrected chi connectivity index (χ0v) is 18.6. The second kappa shape index (κ2) is 7.62. The van der Waals surface area contributed by atoms with Crippen molar-refractivity contribution in [2.75, 3.05) is 0 Å². The van der Waals surface area contributed by atoms with Crippen LogP contribution in [0.25, 0.3) is 27.8 Å². The molecule has 0 bridgehead atoms. The first-order valence-corrected chi connectivity index (χ1v) is 12.8. The lowest BCUT2D eigenvalue weighted by molar-refractivity contribution is 0.593. The summed E-state index contributed by atoms with van der Waals surface area (Å²) in [5, 5.41) is 2.81. The Bertz CT molecular complexity index is 1430. The van der Waals surface area contributed by atoms with Crippen LogP contribution in [0.2, 0.25) is 0 Å². The van der Waals surface area contributed by atoms with Crippen LogP contribution in [0.3, 0.4) is 0 Å². The van der Waals surface area contributed by atoms with Crippen LogP contribution in [-0.2, 0) is 4.57 Å². The van der Waals surface area contributed by atoms with Crippen LogP contribution in [0.15, 0.2) is 115 Å². The van der Waals surface area contributed by atoms with E-state index in [4.69, 9.17) is 0 Å². The van der Waals surface area contributed by atoms with Crippen LogP contribution < -0.4 is 15.9 Å². The Morgan fingerprint density at radius 1 is 0.594 bits per heavy atom. The molecule has 0 saturated heterocycles. The molecule has 2 aliphatic rings. The van der Waals surface area contributed by atoms with Crippen molar-refractivity contribution in [3.05, 3.63) is 121 Å². The number of hydrogen-bond donors (Lipinski definition) is 0. The summed E-state index contributed by atoms with van der Waals surface area (Å²) in [6, 6.07) is 33.3. The van der Waals surface area contributed by atoms with Crippen LogP contribution in [0, 0.1) is 0 Å². The van der Waals surface area contributed by atoms with Crippen LogP contribution in [-0.4, -0.2) is 0 Å². The van der Waals surface area contributed by atoms with E-state index in [2.05, 4.69) is 66.8 Å². The SMILES string of the molecule is O=P1(c2ccccc2)c2cc(C3=CCCC=C3)ccc2-c2ccc(-c3ccccc3)cc21. The van der Waals surface area contributed by atoms with Gasteiger partial charge in [0.2, 0.25) is 0 Å². The zero-order valence-electron chi connectivity index (χ0n) is 17.7. The number of hydrogen-bond acceptors (Lipinski definition) is 1. The smallest absolute Gasteiger partial charge is 0.172 e. The highest BCUT2D eigenvalue weighted by Crippen LogP contribution is 2.53. The molecule has 1 nitrogen and oxygen atoms in total. The van der Waals surface area contributed by atoms with Crippen molar-refractivity contribution in [2.24, 2.45) is 0 Å². The molecule has 2 heteroatoms. The molecule has 4 aromatic carbocycles.